The number of aliphatic hydroxyl groups is 1. The Bertz CT molecular complexity index is 1210. The van der Waals surface area contributed by atoms with Crippen molar-refractivity contribution < 1.29 is 34.0 Å². The van der Waals surface area contributed by atoms with Crippen LogP contribution in [0.4, 0.5) is 5.69 Å². The summed E-state index contributed by atoms with van der Waals surface area (Å²) < 4.78 is 25.3. The Morgan fingerprint density at radius 2 is 1.57 bits per heavy atom. The van der Waals surface area contributed by atoms with Crippen molar-refractivity contribution in [3.63, 3.8) is 0 Å². The van der Waals surface area contributed by atoms with Crippen LogP contribution in [-0.4, -0.2) is 70.4 Å². The molecule has 3 rings (SSSR count). The van der Waals surface area contributed by atoms with E-state index in [4.69, 9.17) is 20.6 Å². The zero-order chi connectivity index (χ0) is 31.1. The third-order valence-electron chi connectivity index (χ3n) is 7.13. The molecule has 0 saturated carbocycles. The minimum Gasteiger partial charge on any atom is -0.494 e. The number of aliphatic hydroxyl groups excluding tert-OH is 1. The van der Waals surface area contributed by atoms with E-state index in [2.05, 4.69) is 89.8 Å². The van der Waals surface area contributed by atoms with E-state index in [-0.39, 0.29) is 17.6 Å². The fourth-order valence-electron chi connectivity index (χ4n) is 5.15. The van der Waals surface area contributed by atoms with Gasteiger partial charge in [-0.05, 0) is 40.0 Å². The van der Waals surface area contributed by atoms with E-state index in [1.807, 2.05) is 12.1 Å². The molecule has 9 nitrogen and oxygen atoms in total. The third kappa shape index (κ3) is 9.12. The first-order valence-corrected chi connectivity index (χ1v) is 16.1. The Kier molecular flexibility index (Phi) is 12.4. The fourth-order valence-corrected chi connectivity index (χ4v) is 9.70. The van der Waals surface area contributed by atoms with Crippen molar-refractivity contribution in [2.24, 2.45) is 0 Å². The number of hydrogen-bond donors (Lipinski definition) is 3. The van der Waals surface area contributed by atoms with Gasteiger partial charge in [-0.2, -0.15) is 0 Å². The van der Waals surface area contributed by atoms with E-state index in [9.17, 15) is 4.79 Å². The maximum Gasteiger partial charge on any atom is 0.302 e. The molecule has 0 aliphatic carbocycles. The van der Waals surface area contributed by atoms with Gasteiger partial charge in [-0.25, -0.2) is 10.7 Å². The van der Waals surface area contributed by atoms with Crippen LogP contribution >= 0.6 is 0 Å². The van der Waals surface area contributed by atoms with Gasteiger partial charge < -0.3 is 19.0 Å². The van der Waals surface area contributed by atoms with Gasteiger partial charge in [0.15, 0.2) is 0 Å². The van der Waals surface area contributed by atoms with Crippen molar-refractivity contribution in [3.05, 3.63) is 84.4 Å². The number of nitrogens with zero attached hydrogens (tertiary/aromatic N) is 1. The lowest BCUT2D eigenvalue weighted by Gasteiger charge is -2.43. The molecule has 0 fully saturated rings. The number of anilines is 1. The summed E-state index contributed by atoms with van der Waals surface area (Å²) in [6.07, 6.45) is 0.726. The maximum atomic E-state index is 11.4. The molecule has 3 N–H and O–H groups in total. The van der Waals surface area contributed by atoms with Gasteiger partial charge in [0.25, 0.3) is 8.32 Å². The summed E-state index contributed by atoms with van der Waals surface area (Å²) >= 11 is 0. The van der Waals surface area contributed by atoms with Crippen molar-refractivity contribution in [2.45, 2.75) is 45.8 Å². The van der Waals surface area contributed by atoms with Gasteiger partial charge in [0.2, 0.25) is 1.43 Å². The average Bonchev–Trinajstić information content (AvgIpc) is 2.98. The normalized spacial score (nSPS) is 12.2. The van der Waals surface area contributed by atoms with E-state index in [0.717, 1.165) is 6.42 Å². The zero-order valence-electron chi connectivity index (χ0n) is 26.0. The predicted octanol–water partition coefficient (Wildman–Crippen LogP) is 4.21. The minimum atomic E-state index is -2.66. The van der Waals surface area contributed by atoms with Crippen molar-refractivity contribution in [2.75, 3.05) is 44.9 Å². The molecule has 0 spiro atoms. The predicted molar refractivity (Wildman–Crippen MR) is 166 cm³/mol. The zero-order valence-corrected chi connectivity index (χ0v) is 26.0. The van der Waals surface area contributed by atoms with E-state index in [0.29, 0.717) is 56.5 Å². The summed E-state index contributed by atoms with van der Waals surface area (Å²) in [4.78, 5) is 17.7. The highest BCUT2D eigenvalue weighted by Crippen LogP contribution is 2.36. The van der Waals surface area contributed by atoms with Crippen LogP contribution in [-0.2, 0) is 25.6 Å². The standard InChI is InChI=1S/C32H44N2O7Si/c1-26(36)38-22-19-34(18-11-21-39-28-16-17-31(33-41-37)27(24-28)25-35)20-23-40-42(32(2,3)4,29-12-7-5-8-13-29)30-14-9-6-10-15-30/h5-10,12-17,24,33,35,37H,11,18-23,25H2,1-4H3/i35D. The Morgan fingerprint density at radius 1 is 0.929 bits per heavy atom. The molecule has 0 radical (unpaired) electrons. The van der Waals surface area contributed by atoms with Gasteiger partial charge in [0.05, 0.1) is 18.9 Å². The number of esters is 1. The summed E-state index contributed by atoms with van der Waals surface area (Å²) in [5.41, 5.74) is 3.42. The van der Waals surface area contributed by atoms with Crippen molar-refractivity contribution in [3.8, 4) is 5.75 Å². The van der Waals surface area contributed by atoms with E-state index < -0.39 is 8.32 Å². The van der Waals surface area contributed by atoms with Crippen LogP contribution in [0.3, 0.4) is 0 Å². The number of carbonyl (C=O) groups excluding carboxylic acids is 1. The lowest BCUT2D eigenvalue weighted by atomic mass is 10.2. The van der Waals surface area contributed by atoms with Crippen LogP contribution in [0.25, 0.3) is 0 Å². The molecule has 0 aromatic heterocycles. The van der Waals surface area contributed by atoms with E-state index >= 15 is 0 Å². The molecule has 0 bridgehead atoms. The fraction of sp³-hybridized carbons (Fsp3) is 0.406. The minimum absolute atomic E-state index is 0.00183. The SMILES string of the molecule is [2H]OCc1cc(OCCCN(CCOC(C)=O)CCO[Si](c2ccccc2)(c2ccccc2)C(C)(C)C)ccc1NOO. The highest BCUT2D eigenvalue weighted by molar-refractivity contribution is 6.99. The van der Waals surface area contributed by atoms with Crippen molar-refractivity contribution in [1.82, 2.24) is 4.90 Å². The van der Waals surface area contributed by atoms with Crippen LogP contribution in [0.2, 0.25) is 5.04 Å². The van der Waals surface area contributed by atoms with Crippen LogP contribution in [0, 0.1) is 0 Å². The van der Waals surface area contributed by atoms with Crippen molar-refractivity contribution >= 4 is 30.3 Å². The molecular weight excluding hydrogens is 552 g/mol. The second kappa shape index (κ2) is 16.4. The number of ether oxygens (including phenoxy) is 2. The molecule has 0 heterocycles. The molecule has 228 valence electrons. The molecule has 42 heavy (non-hydrogen) atoms. The first-order chi connectivity index (χ1) is 20.7. The van der Waals surface area contributed by atoms with Crippen LogP contribution in [0.15, 0.2) is 78.9 Å². The molecular formula is C32H44N2O7Si. The largest absolute Gasteiger partial charge is 0.494 e. The molecule has 0 aliphatic heterocycles. The van der Waals surface area contributed by atoms with Gasteiger partial charge in [0.1, 0.15) is 12.4 Å². The summed E-state index contributed by atoms with van der Waals surface area (Å²) in [6.45, 7) is 11.4. The van der Waals surface area contributed by atoms with Crippen LogP contribution in [0.5, 0.6) is 5.75 Å². The summed E-state index contributed by atoms with van der Waals surface area (Å²) in [5.74, 6) is 0.306. The Balaban J connectivity index is 1.69. The van der Waals surface area contributed by atoms with Gasteiger partial charge in [0, 0.05) is 38.7 Å². The third-order valence-corrected chi connectivity index (χ3v) is 12.2. The summed E-state index contributed by atoms with van der Waals surface area (Å²) in [6, 6.07) is 26.3. The molecule has 3 aromatic rings. The molecule has 0 amide bonds. The first kappa shape index (κ1) is 31.7. The maximum absolute atomic E-state index is 11.4. The number of hydrogen-bond acceptors (Lipinski definition) is 9. The Labute approximate surface area is 251 Å². The molecule has 3 aromatic carbocycles. The van der Waals surface area contributed by atoms with Crippen LogP contribution in [0.1, 0.15) is 39.7 Å². The van der Waals surface area contributed by atoms with E-state index in [1.54, 1.807) is 18.2 Å². The van der Waals surface area contributed by atoms with E-state index in [1.165, 1.54) is 17.3 Å². The highest BCUT2D eigenvalue weighted by Gasteiger charge is 2.50. The molecule has 0 aliphatic rings. The second-order valence-electron chi connectivity index (χ2n) is 11.1. The van der Waals surface area contributed by atoms with Gasteiger partial charge in [-0.3, -0.25) is 9.69 Å². The van der Waals surface area contributed by atoms with Gasteiger partial charge >= 0.3 is 5.97 Å². The Hall–Kier alpha value is -3.25. The second-order valence-corrected chi connectivity index (χ2v) is 15.4. The quantitative estimate of drug-likeness (QED) is 0.0653. The smallest absolute Gasteiger partial charge is 0.302 e. The van der Waals surface area contributed by atoms with Gasteiger partial charge in [-0.15, -0.1) is 4.99 Å². The molecule has 0 unspecified atom stereocenters. The van der Waals surface area contributed by atoms with Gasteiger partial charge in [-0.1, -0.05) is 81.4 Å². The number of benzene rings is 3. The topological polar surface area (TPSA) is 110 Å². The Morgan fingerprint density at radius 3 is 2.14 bits per heavy atom. The number of carbonyl (C=O) groups is 1. The average molecular weight is 598 g/mol. The summed E-state index contributed by atoms with van der Waals surface area (Å²) in [7, 11) is -2.66. The lowest BCUT2D eigenvalue weighted by molar-refractivity contribution is -0.215. The molecule has 10 heteroatoms. The van der Waals surface area contributed by atoms with Crippen molar-refractivity contribution in [1.29, 1.82) is 1.43 Å². The highest BCUT2D eigenvalue weighted by atomic mass is 28.4. The molecule has 0 atom stereocenters. The van der Waals surface area contributed by atoms with Crippen LogP contribution < -0.4 is 20.6 Å². The summed E-state index contributed by atoms with van der Waals surface area (Å²) in [5, 5.41) is 15.5. The number of rotatable bonds is 18. The number of nitrogens with one attached hydrogen (secondary N) is 1. The molecule has 0 saturated heterocycles. The first-order valence-electron chi connectivity index (χ1n) is 14.6. The monoisotopic (exact) mass is 597 g/mol. The lowest BCUT2D eigenvalue weighted by Crippen LogP contribution is -2.67.